The van der Waals surface area contributed by atoms with Crippen LogP contribution in [0.4, 0.5) is 0 Å². The minimum Gasteiger partial charge on any atom is -0.383 e. The number of ether oxygens (including phenoxy) is 1. The lowest BCUT2D eigenvalue weighted by Gasteiger charge is -2.08. The first-order valence-corrected chi connectivity index (χ1v) is 8.07. The van der Waals surface area contributed by atoms with Crippen LogP contribution in [0.2, 0.25) is 0 Å². The van der Waals surface area contributed by atoms with E-state index in [1.54, 1.807) is 25.3 Å². The molecule has 19 heavy (non-hydrogen) atoms. The van der Waals surface area contributed by atoms with Crippen LogP contribution in [0.25, 0.3) is 0 Å². The van der Waals surface area contributed by atoms with Crippen LogP contribution in [0.1, 0.15) is 0 Å². The molecular weight excluding hydrogens is 403 g/mol. The molecule has 0 spiro atoms. The van der Waals surface area contributed by atoms with Gasteiger partial charge in [-0.15, -0.1) is 12.4 Å². The highest BCUT2D eigenvalue weighted by atomic mass is 127. The molecule has 0 atom stereocenters. The number of nitrogens with one attached hydrogen (secondary N) is 2. The van der Waals surface area contributed by atoms with Gasteiger partial charge in [-0.1, -0.05) is 6.07 Å². The number of halogens is 2. The molecule has 5 nitrogen and oxygen atoms in total. The van der Waals surface area contributed by atoms with Crippen molar-refractivity contribution in [1.29, 1.82) is 0 Å². The van der Waals surface area contributed by atoms with Gasteiger partial charge in [0.15, 0.2) is 0 Å². The molecule has 8 heteroatoms. The predicted molar refractivity (Wildman–Crippen MR) is 86.3 cm³/mol. The van der Waals surface area contributed by atoms with E-state index >= 15 is 0 Å². The van der Waals surface area contributed by atoms with Crippen molar-refractivity contribution in [2.45, 2.75) is 4.90 Å². The Balaban J connectivity index is 0.00000324. The van der Waals surface area contributed by atoms with E-state index in [0.29, 0.717) is 31.1 Å². The monoisotopic (exact) mass is 420 g/mol. The van der Waals surface area contributed by atoms with Crippen molar-refractivity contribution in [1.82, 2.24) is 10.0 Å². The summed E-state index contributed by atoms with van der Waals surface area (Å²) in [5.74, 6) is 0. The summed E-state index contributed by atoms with van der Waals surface area (Å²) < 4.78 is 32.1. The van der Waals surface area contributed by atoms with E-state index in [0.717, 1.165) is 3.57 Å². The Labute approximate surface area is 134 Å². The molecule has 0 aliphatic carbocycles. The van der Waals surface area contributed by atoms with Gasteiger partial charge in [0.25, 0.3) is 0 Å². The quantitative estimate of drug-likeness (QED) is 0.490. The molecule has 0 radical (unpaired) electrons. The number of methoxy groups -OCH3 is 1. The van der Waals surface area contributed by atoms with Crippen LogP contribution in [0, 0.1) is 3.57 Å². The van der Waals surface area contributed by atoms with Crippen molar-refractivity contribution >= 4 is 45.0 Å². The zero-order valence-electron chi connectivity index (χ0n) is 10.6. The fourth-order valence-corrected chi connectivity index (χ4v) is 3.12. The lowest BCUT2D eigenvalue weighted by molar-refractivity contribution is 0.199. The summed E-state index contributed by atoms with van der Waals surface area (Å²) in [4.78, 5) is 0.297. The first-order valence-electron chi connectivity index (χ1n) is 5.51. The third-order valence-electron chi connectivity index (χ3n) is 2.18. The Morgan fingerprint density at radius 2 is 2.00 bits per heavy atom. The van der Waals surface area contributed by atoms with Gasteiger partial charge in [-0.3, -0.25) is 0 Å². The largest absolute Gasteiger partial charge is 0.383 e. The van der Waals surface area contributed by atoms with Crippen molar-refractivity contribution in [2.24, 2.45) is 0 Å². The van der Waals surface area contributed by atoms with E-state index in [1.165, 1.54) is 0 Å². The molecule has 0 heterocycles. The van der Waals surface area contributed by atoms with Gasteiger partial charge in [0, 0.05) is 30.3 Å². The molecule has 0 aliphatic rings. The number of hydrogen-bond acceptors (Lipinski definition) is 4. The number of hydrogen-bond donors (Lipinski definition) is 2. The van der Waals surface area contributed by atoms with Gasteiger partial charge >= 0.3 is 0 Å². The van der Waals surface area contributed by atoms with Crippen molar-refractivity contribution in [2.75, 3.05) is 33.4 Å². The maximum Gasteiger partial charge on any atom is 0.240 e. The molecule has 0 bridgehead atoms. The zero-order valence-corrected chi connectivity index (χ0v) is 14.3. The van der Waals surface area contributed by atoms with Crippen LogP contribution in [0.15, 0.2) is 29.2 Å². The average Bonchev–Trinajstić information content (AvgIpc) is 2.33. The van der Waals surface area contributed by atoms with Crippen LogP contribution in [-0.2, 0) is 14.8 Å². The summed E-state index contributed by atoms with van der Waals surface area (Å²) in [5, 5.41) is 3.07. The summed E-state index contributed by atoms with van der Waals surface area (Å²) >= 11 is 2.09. The van der Waals surface area contributed by atoms with Crippen molar-refractivity contribution < 1.29 is 13.2 Å². The van der Waals surface area contributed by atoms with Crippen molar-refractivity contribution in [3.8, 4) is 0 Å². The van der Waals surface area contributed by atoms with Crippen LogP contribution in [-0.4, -0.2) is 41.8 Å². The van der Waals surface area contributed by atoms with Crippen molar-refractivity contribution in [3.63, 3.8) is 0 Å². The minimum atomic E-state index is -3.40. The van der Waals surface area contributed by atoms with Gasteiger partial charge in [-0.25, -0.2) is 13.1 Å². The van der Waals surface area contributed by atoms with Gasteiger partial charge in [0.1, 0.15) is 0 Å². The van der Waals surface area contributed by atoms with Gasteiger partial charge < -0.3 is 10.1 Å². The standard InChI is InChI=1S/C11H17IN2O3S.ClH/c1-17-8-7-13-5-6-14-18(15,16)11-4-2-3-10(12)9-11;/h2-4,9,13-14H,5-8H2,1H3;1H. The maximum absolute atomic E-state index is 11.9. The van der Waals surface area contributed by atoms with Crippen molar-refractivity contribution in [3.05, 3.63) is 27.8 Å². The summed E-state index contributed by atoms with van der Waals surface area (Å²) in [5.41, 5.74) is 0. The third-order valence-corrected chi connectivity index (χ3v) is 4.31. The molecule has 0 aromatic heterocycles. The van der Waals surface area contributed by atoms with E-state index in [2.05, 4.69) is 32.6 Å². The fraction of sp³-hybridized carbons (Fsp3) is 0.455. The average molecular weight is 421 g/mol. The normalized spacial score (nSPS) is 11.1. The number of sulfonamides is 1. The van der Waals surface area contributed by atoms with Crippen LogP contribution >= 0.6 is 35.0 Å². The molecule has 0 fully saturated rings. The smallest absolute Gasteiger partial charge is 0.240 e. The highest BCUT2D eigenvalue weighted by Gasteiger charge is 2.12. The first-order chi connectivity index (χ1) is 8.56. The molecule has 0 unspecified atom stereocenters. The highest BCUT2D eigenvalue weighted by molar-refractivity contribution is 14.1. The van der Waals surface area contributed by atoms with Crippen LogP contribution in [0.3, 0.4) is 0 Å². The van der Waals surface area contributed by atoms with E-state index in [9.17, 15) is 8.42 Å². The van der Waals surface area contributed by atoms with E-state index in [4.69, 9.17) is 4.74 Å². The Morgan fingerprint density at radius 3 is 2.63 bits per heavy atom. The lowest BCUT2D eigenvalue weighted by atomic mass is 10.4. The van der Waals surface area contributed by atoms with Crippen LogP contribution < -0.4 is 10.0 Å². The molecule has 0 saturated carbocycles. The van der Waals surface area contributed by atoms with Gasteiger partial charge in [-0.05, 0) is 40.8 Å². The van der Waals surface area contributed by atoms with Gasteiger partial charge in [0.2, 0.25) is 10.0 Å². The summed E-state index contributed by atoms with van der Waals surface area (Å²) in [7, 11) is -1.78. The number of benzene rings is 1. The predicted octanol–water partition coefficient (Wildman–Crippen LogP) is 1.23. The molecule has 1 aromatic rings. The summed E-state index contributed by atoms with van der Waals surface area (Å²) in [6.45, 7) is 2.26. The second-order valence-corrected chi connectivity index (χ2v) is 6.61. The molecule has 0 aliphatic heterocycles. The molecule has 110 valence electrons. The van der Waals surface area contributed by atoms with Gasteiger partial charge in [0.05, 0.1) is 11.5 Å². The van der Waals surface area contributed by atoms with Crippen LogP contribution in [0.5, 0.6) is 0 Å². The first kappa shape index (κ1) is 19.1. The molecule has 0 amide bonds. The molecule has 1 aromatic carbocycles. The Morgan fingerprint density at radius 1 is 1.26 bits per heavy atom. The Hall–Kier alpha value is 0.0700. The second kappa shape index (κ2) is 9.89. The number of rotatable bonds is 8. The SMILES string of the molecule is COCCNCCNS(=O)(=O)c1cccc(I)c1.Cl. The summed E-state index contributed by atoms with van der Waals surface area (Å²) in [6.07, 6.45) is 0. The Bertz CT molecular complexity index is 471. The third kappa shape index (κ3) is 7.42. The fourth-order valence-electron chi connectivity index (χ4n) is 1.29. The van der Waals surface area contributed by atoms with E-state index in [-0.39, 0.29) is 12.4 Å². The molecule has 1 rings (SSSR count). The Kier molecular flexibility index (Phi) is 9.93. The maximum atomic E-state index is 11.9. The van der Waals surface area contributed by atoms with E-state index in [1.807, 2.05) is 6.07 Å². The molecular formula is C11H18ClIN2O3S. The topological polar surface area (TPSA) is 67.4 Å². The minimum absolute atomic E-state index is 0. The van der Waals surface area contributed by atoms with E-state index < -0.39 is 10.0 Å². The molecule has 0 saturated heterocycles. The highest BCUT2D eigenvalue weighted by Crippen LogP contribution is 2.12. The van der Waals surface area contributed by atoms with Gasteiger partial charge in [-0.2, -0.15) is 0 Å². The second-order valence-electron chi connectivity index (χ2n) is 3.60. The lowest BCUT2D eigenvalue weighted by Crippen LogP contribution is -2.33. The summed E-state index contributed by atoms with van der Waals surface area (Å²) in [6, 6.07) is 6.81. The zero-order chi connectivity index (χ0) is 13.4. The molecule has 2 N–H and O–H groups in total.